The van der Waals surface area contributed by atoms with Crippen molar-refractivity contribution < 1.29 is 19.8 Å². The molecule has 0 fully saturated rings. The van der Waals surface area contributed by atoms with Gasteiger partial charge in [-0.3, -0.25) is 0 Å². The molecule has 0 amide bonds. The average Bonchev–Trinajstić information content (AvgIpc) is 2.58. The molecule has 0 unspecified atom stereocenters. The number of nitrogens with one attached hydrogen (secondary N) is 1. The number of carbonyl (C=O) groups is 2. The molecule has 0 aliphatic rings. The van der Waals surface area contributed by atoms with Crippen LogP contribution in [0.5, 0.6) is 0 Å². The summed E-state index contributed by atoms with van der Waals surface area (Å²) in [5.41, 5.74) is 2.45. The van der Waals surface area contributed by atoms with E-state index in [0.29, 0.717) is 0 Å². The van der Waals surface area contributed by atoms with E-state index < -0.39 is 11.9 Å². The number of para-hydroxylation sites is 1. The van der Waals surface area contributed by atoms with Gasteiger partial charge in [0.1, 0.15) is 0 Å². The monoisotopic (exact) mass is 221 g/mol. The summed E-state index contributed by atoms with van der Waals surface area (Å²) in [6.07, 6.45) is 0. The molecule has 0 radical (unpaired) electrons. The first-order chi connectivity index (χ1) is 7.50. The number of hydrogen-bond acceptors (Lipinski definition) is 2. The molecular weight excluding hydrogens is 210 g/mol. The fraction of sp³-hybridized carbons (Fsp3) is 0.0909. The lowest BCUT2D eigenvalue weighted by atomic mass is 10.2. The molecule has 3 N–H and O–H groups in total. The summed E-state index contributed by atoms with van der Waals surface area (Å²) in [6, 6.07) is 10.4. The Labute approximate surface area is 91.3 Å². The van der Waals surface area contributed by atoms with Crippen LogP contribution in [0.3, 0.4) is 0 Å². The van der Waals surface area contributed by atoms with E-state index in [-0.39, 0.29) is 0 Å². The zero-order valence-corrected chi connectivity index (χ0v) is 8.60. The van der Waals surface area contributed by atoms with Gasteiger partial charge < -0.3 is 15.2 Å². The number of aromatic nitrogens is 1. The number of benzene rings is 1. The van der Waals surface area contributed by atoms with Gasteiger partial charge in [-0.25, -0.2) is 9.59 Å². The Morgan fingerprint density at radius 3 is 2.19 bits per heavy atom. The molecule has 84 valence electrons. The summed E-state index contributed by atoms with van der Waals surface area (Å²) in [7, 11) is 0. The Morgan fingerprint density at radius 2 is 1.69 bits per heavy atom. The highest BCUT2D eigenvalue weighted by Crippen LogP contribution is 2.12. The highest BCUT2D eigenvalue weighted by Gasteiger charge is 2.04. The van der Waals surface area contributed by atoms with Crippen LogP contribution in [0.4, 0.5) is 0 Å². The molecule has 0 bridgehead atoms. The Kier molecular flexibility index (Phi) is 3.66. The molecule has 0 atom stereocenters. The quantitative estimate of drug-likeness (QED) is 0.590. The lowest BCUT2D eigenvalue weighted by Gasteiger charge is -1.83. The second-order valence-corrected chi connectivity index (χ2v) is 3.15. The Balaban J connectivity index is 0.000000187. The molecule has 1 aromatic heterocycles. The number of aliphatic carboxylic acids is 2. The van der Waals surface area contributed by atoms with Gasteiger partial charge in [-0.15, -0.1) is 0 Å². The van der Waals surface area contributed by atoms with E-state index >= 15 is 0 Å². The second-order valence-electron chi connectivity index (χ2n) is 3.15. The van der Waals surface area contributed by atoms with Gasteiger partial charge in [0.2, 0.25) is 0 Å². The van der Waals surface area contributed by atoms with E-state index in [9.17, 15) is 0 Å². The van der Waals surface area contributed by atoms with Gasteiger partial charge in [-0.05, 0) is 24.4 Å². The lowest BCUT2D eigenvalue weighted by molar-refractivity contribution is -0.159. The van der Waals surface area contributed by atoms with Crippen molar-refractivity contribution >= 4 is 22.8 Å². The molecule has 0 aliphatic heterocycles. The third kappa shape index (κ3) is 3.13. The van der Waals surface area contributed by atoms with Gasteiger partial charge in [-0.1, -0.05) is 18.2 Å². The molecule has 2 aromatic rings. The molecule has 16 heavy (non-hydrogen) atoms. The highest BCUT2D eigenvalue weighted by atomic mass is 16.4. The molecule has 1 heterocycles. The largest absolute Gasteiger partial charge is 0.473 e. The molecule has 0 saturated carbocycles. The molecule has 0 spiro atoms. The predicted octanol–water partition coefficient (Wildman–Crippen LogP) is 1.63. The van der Waals surface area contributed by atoms with E-state index in [1.54, 1.807) is 0 Å². The number of fused-ring (bicyclic) bond motifs is 1. The summed E-state index contributed by atoms with van der Waals surface area (Å²) in [5.74, 6) is -3.65. The minimum Gasteiger partial charge on any atom is -0.473 e. The molecular formula is C11H11NO4. The van der Waals surface area contributed by atoms with E-state index in [0.717, 1.165) is 0 Å². The van der Waals surface area contributed by atoms with Crippen molar-refractivity contribution in [3.05, 3.63) is 36.0 Å². The van der Waals surface area contributed by atoms with Gasteiger partial charge in [0.05, 0.1) is 0 Å². The van der Waals surface area contributed by atoms with Gasteiger partial charge in [0, 0.05) is 11.2 Å². The van der Waals surface area contributed by atoms with Crippen LogP contribution in [0.15, 0.2) is 30.3 Å². The number of aryl methyl sites for hydroxylation is 1. The number of hydrogen-bond donors (Lipinski definition) is 3. The number of rotatable bonds is 0. The van der Waals surface area contributed by atoms with Crippen LogP contribution in [-0.4, -0.2) is 27.1 Å². The first kappa shape index (κ1) is 11.8. The summed E-state index contributed by atoms with van der Waals surface area (Å²) in [5, 5.41) is 16.1. The summed E-state index contributed by atoms with van der Waals surface area (Å²) in [6.45, 7) is 2.07. The smallest absolute Gasteiger partial charge is 0.414 e. The minimum atomic E-state index is -1.82. The van der Waals surface area contributed by atoms with Crippen molar-refractivity contribution in [3.8, 4) is 0 Å². The first-order valence-corrected chi connectivity index (χ1v) is 4.51. The number of aromatic amines is 1. The van der Waals surface area contributed by atoms with Gasteiger partial charge >= 0.3 is 11.9 Å². The molecule has 5 nitrogen and oxygen atoms in total. The maximum atomic E-state index is 9.10. The predicted molar refractivity (Wildman–Crippen MR) is 58.3 cm³/mol. The molecule has 1 aromatic carbocycles. The molecule has 0 aliphatic carbocycles. The van der Waals surface area contributed by atoms with Gasteiger partial charge in [0.25, 0.3) is 0 Å². The van der Waals surface area contributed by atoms with Crippen LogP contribution in [-0.2, 0) is 9.59 Å². The van der Waals surface area contributed by atoms with Crippen molar-refractivity contribution in [3.63, 3.8) is 0 Å². The standard InChI is InChI=1S/C9H9N.C2H2O4/c1-7-6-8-4-2-3-5-9(8)10-7;3-1(4)2(5)6/h2-6,10H,1H3;(H,3,4)(H,5,6). The fourth-order valence-electron chi connectivity index (χ4n) is 1.22. The van der Waals surface area contributed by atoms with Crippen LogP contribution in [0.25, 0.3) is 10.9 Å². The Morgan fingerprint density at radius 1 is 1.12 bits per heavy atom. The average molecular weight is 221 g/mol. The van der Waals surface area contributed by atoms with Crippen LogP contribution >= 0.6 is 0 Å². The van der Waals surface area contributed by atoms with Crippen molar-refractivity contribution in [2.45, 2.75) is 6.92 Å². The van der Waals surface area contributed by atoms with Crippen LogP contribution in [0.1, 0.15) is 5.69 Å². The normalized spacial score (nSPS) is 9.31. The van der Waals surface area contributed by atoms with Gasteiger partial charge in [0.15, 0.2) is 0 Å². The highest BCUT2D eigenvalue weighted by molar-refractivity contribution is 6.27. The zero-order chi connectivity index (χ0) is 12.1. The van der Waals surface area contributed by atoms with Crippen molar-refractivity contribution in [1.82, 2.24) is 4.98 Å². The van der Waals surface area contributed by atoms with Crippen molar-refractivity contribution in [2.24, 2.45) is 0 Å². The van der Waals surface area contributed by atoms with Crippen molar-refractivity contribution in [1.29, 1.82) is 0 Å². The molecule has 2 rings (SSSR count). The van der Waals surface area contributed by atoms with E-state index in [4.69, 9.17) is 19.8 Å². The fourth-order valence-corrected chi connectivity index (χ4v) is 1.22. The third-order valence-corrected chi connectivity index (χ3v) is 1.85. The Bertz CT molecular complexity index is 470. The number of carboxylic acid groups (broad SMARTS) is 2. The van der Waals surface area contributed by atoms with E-state index in [1.165, 1.54) is 16.6 Å². The van der Waals surface area contributed by atoms with Gasteiger partial charge in [-0.2, -0.15) is 0 Å². The number of H-pyrrole nitrogens is 1. The van der Waals surface area contributed by atoms with Crippen molar-refractivity contribution in [2.75, 3.05) is 0 Å². The topological polar surface area (TPSA) is 90.4 Å². The van der Waals surface area contributed by atoms with Crippen LogP contribution in [0, 0.1) is 6.92 Å². The maximum absolute atomic E-state index is 9.10. The molecule has 5 heteroatoms. The summed E-state index contributed by atoms with van der Waals surface area (Å²) >= 11 is 0. The Hall–Kier alpha value is -2.30. The van der Waals surface area contributed by atoms with Crippen LogP contribution in [0.2, 0.25) is 0 Å². The maximum Gasteiger partial charge on any atom is 0.414 e. The number of carboxylic acids is 2. The molecule has 0 saturated heterocycles. The summed E-state index contributed by atoms with van der Waals surface area (Å²) < 4.78 is 0. The first-order valence-electron chi connectivity index (χ1n) is 4.51. The SMILES string of the molecule is Cc1cc2ccccc2[nH]1.O=C(O)C(=O)O. The second kappa shape index (κ2) is 4.97. The lowest BCUT2D eigenvalue weighted by Crippen LogP contribution is -2.09. The van der Waals surface area contributed by atoms with Crippen LogP contribution < -0.4 is 0 Å². The van der Waals surface area contributed by atoms with E-state index in [2.05, 4.69) is 36.2 Å². The summed E-state index contributed by atoms with van der Waals surface area (Å²) in [4.78, 5) is 21.5. The third-order valence-electron chi connectivity index (χ3n) is 1.85. The van der Waals surface area contributed by atoms with E-state index in [1.807, 2.05) is 6.07 Å². The minimum absolute atomic E-state index is 1.22. The zero-order valence-electron chi connectivity index (χ0n) is 8.60.